The third-order valence-electron chi connectivity index (χ3n) is 8.20. The number of urea groups is 1. The Morgan fingerprint density at radius 3 is 1.28 bits per heavy atom. The standard InChI is InChI=1S/C37H69N3O16S/c41-34(4-2-1-3-33-36-32(31-57-33)39-37(44)40-36)38-6-8-46-10-12-48-14-16-50-18-20-52-22-24-54-26-28-56-30-29-55-27-25-53-23-21-51-19-17-49-15-13-47-11-9-45-7-5-35(42)43/h32-33,36H,1-31H2,(H,38,41)(H,42,43)(H2,39,40,44)/t32-,33-,36-/m0/s1. The fourth-order valence-electron chi connectivity index (χ4n) is 5.31. The third-order valence-corrected chi connectivity index (χ3v) is 9.71. The number of rotatable bonds is 44. The highest BCUT2D eigenvalue weighted by atomic mass is 32.2. The molecule has 0 spiro atoms. The van der Waals surface area contributed by atoms with Crippen molar-refractivity contribution in [2.75, 3.05) is 171 Å². The second-order valence-corrected chi connectivity index (χ2v) is 14.0. The lowest BCUT2D eigenvalue weighted by Gasteiger charge is -2.16. The van der Waals surface area contributed by atoms with Gasteiger partial charge in [0.1, 0.15) is 0 Å². The number of carboxylic acids is 1. The zero-order valence-electron chi connectivity index (χ0n) is 33.6. The molecule has 3 amide bonds. The van der Waals surface area contributed by atoms with Gasteiger partial charge in [-0.1, -0.05) is 6.42 Å². The number of unbranched alkanes of at least 4 members (excludes halogenated alkanes) is 1. The van der Waals surface area contributed by atoms with Gasteiger partial charge in [0.15, 0.2) is 0 Å². The van der Waals surface area contributed by atoms with Crippen LogP contribution >= 0.6 is 11.8 Å². The van der Waals surface area contributed by atoms with Gasteiger partial charge in [-0.2, -0.15) is 11.8 Å². The van der Waals surface area contributed by atoms with Crippen LogP contribution in [-0.4, -0.2) is 211 Å². The van der Waals surface area contributed by atoms with Gasteiger partial charge in [-0.05, 0) is 12.8 Å². The molecule has 0 bridgehead atoms. The average molecular weight is 844 g/mol. The van der Waals surface area contributed by atoms with E-state index in [-0.39, 0.29) is 37.0 Å². The number of carbonyl (C=O) groups is 3. The lowest BCUT2D eigenvalue weighted by atomic mass is 10.0. The van der Waals surface area contributed by atoms with E-state index in [4.69, 9.17) is 61.9 Å². The predicted molar refractivity (Wildman–Crippen MR) is 209 cm³/mol. The minimum Gasteiger partial charge on any atom is -0.481 e. The fraction of sp³-hybridized carbons (Fsp3) is 0.919. The monoisotopic (exact) mass is 843 g/mol. The second kappa shape index (κ2) is 38.3. The summed E-state index contributed by atoms with van der Waals surface area (Å²) in [5, 5.41) is 17.8. The molecule has 2 aliphatic rings. The average Bonchev–Trinajstić information content (AvgIpc) is 3.76. The molecule has 0 unspecified atom stereocenters. The van der Waals surface area contributed by atoms with Gasteiger partial charge in [-0.15, -0.1) is 0 Å². The van der Waals surface area contributed by atoms with Crippen LogP contribution in [0.2, 0.25) is 0 Å². The number of aliphatic carboxylic acids is 1. The Hall–Kier alpha value is -1.92. The molecule has 20 heteroatoms. The van der Waals surface area contributed by atoms with Crippen molar-refractivity contribution in [1.29, 1.82) is 0 Å². The zero-order chi connectivity index (χ0) is 40.7. The molecule has 0 saturated carbocycles. The highest BCUT2D eigenvalue weighted by Gasteiger charge is 2.42. The van der Waals surface area contributed by atoms with E-state index in [2.05, 4.69) is 16.0 Å². The maximum Gasteiger partial charge on any atom is 0.315 e. The van der Waals surface area contributed by atoms with E-state index in [0.29, 0.717) is 170 Å². The van der Waals surface area contributed by atoms with Crippen molar-refractivity contribution in [3.8, 4) is 0 Å². The minimum atomic E-state index is -0.878. The Kier molecular flexibility index (Phi) is 34.4. The number of carboxylic acid groups (broad SMARTS) is 1. The van der Waals surface area contributed by atoms with Crippen LogP contribution in [0.1, 0.15) is 32.1 Å². The number of thioether (sulfide) groups is 1. The summed E-state index contributed by atoms with van der Waals surface area (Å²) in [6.45, 7) is 11.3. The molecular formula is C37H69N3O16S. The van der Waals surface area contributed by atoms with Crippen molar-refractivity contribution in [2.24, 2.45) is 0 Å². The highest BCUT2D eigenvalue weighted by Crippen LogP contribution is 2.33. The normalized spacial score (nSPS) is 17.5. The maximum absolute atomic E-state index is 12.0. The van der Waals surface area contributed by atoms with Gasteiger partial charge in [0.2, 0.25) is 5.91 Å². The summed E-state index contributed by atoms with van der Waals surface area (Å²) in [6, 6.07) is 0.395. The molecule has 4 N–H and O–H groups in total. The first-order valence-corrected chi connectivity index (χ1v) is 21.2. The fourth-order valence-corrected chi connectivity index (χ4v) is 6.85. The van der Waals surface area contributed by atoms with E-state index in [1.165, 1.54) is 0 Å². The van der Waals surface area contributed by atoms with Crippen LogP contribution in [0.4, 0.5) is 4.79 Å². The molecule has 2 rings (SSSR count). The van der Waals surface area contributed by atoms with E-state index in [1.807, 2.05) is 11.8 Å². The minimum absolute atomic E-state index is 0.00775. The van der Waals surface area contributed by atoms with Gasteiger partial charge in [0, 0.05) is 24.0 Å². The van der Waals surface area contributed by atoms with Crippen LogP contribution in [0.5, 0.6) is 0 Å². The lowest BCUT2D eigenvalue weighted by molar-refractivity contribution is -0.138. The second-order valence-electron chi connectivity index (χ2n) is 12.7. The Morgan fingerprint density at radius 1 is 0.526 bits per heavy atom. The number of amides is 3. The highest BCUT2D eigenvalue weighted by molar-refractivity contribution is 8.00. The molecular weight excluding hydrogens is 774 g/mol. The smallest absolute Gasteiger partial charge is 0.315 e. The molecule has 2 heterocycles. The SMILES string of the molecule is O=C(O)CCOCCOCCOCCOCCOCCOCCOCCOCCOCCOCCOCCOCCNC(=O)CCCC[C@@H]1SC[C@@H]2NC(=O)N[C@@H]21. The number of hydrogen-bond donors (Lipinski definition) is 4. The van der Waals surface area contributed by atoms with E-state index in [9.17, 15) is 14.4 Å². The third kappa shape index (κ3) is 31.6. The predicted octanol–water partition coefficient (Wildman–Crippen LogP) is 0.502. The van der Waals surface area contributed by atoms with Crippen molar-refractivity contribution in [1.82, 2.24) is 16.0 Å². The number of hydrogen-bond acceptors (Lipinski definition) is 16. The Balaban J connectivity index is 1.14. The number of fused-ring (bicyclic) bond motifs is 1. The van der Waals surface area contributed by atoms with Crippen LogP contribution in [-0.2, 0) is 66.4 Å². The van der Waals surface area contributed by atoms with Crippen molar-refractivity contribution in [2.45, 2.75) is 49.4 Å². The van der Waals surface area contributed by atoms with E-state index in [1.54, 1.807) is 0 Å². The number of carbonyl (C=O) groups excluding carboxylic acids is 2. The van der Waals surface area contributed by atoms with Crippen molar-refractivity contribution < 1.29 is 76.3 Å². The first-order chi connectivity index (χ1) is 28.1. The van der Waals surface area contributed by atoms with E-state index < -0.39 is 5.97 Å². The quantitative estimate of drug-likeness (QED) is 0.0485. The summed E-state index contributed by atoms with van der Waals surface area (Å²) >= 11 is 1.90. The Bertz CT molecular complexity index is 978. The van der Waals surface area contributed by atoms with Crippen LogP contribution in [0.15, 0.2) is 0 Å². The first kappa shape index (κ1) is 51.2. The molecule has 19 nitrogen and oxygen atoms in total. The van der Waals surface area contributed by atoms with Crippen LogP contribution in [0, 0.1) is 0 Å². The zero-order valence-corrected chi connectivity index (χ0v) is 34.4. The Labute approximate surface area is 341 Å². The first-order valence-electron chi connectivity index (χ1n) is 20.2. The maximum atomic E-state index is 12.0. The lowest BCUT2D eigenvalue weighted by Crippen LogP contribution is -2.36. The van der Waals surface area contributed by atoms with Gasteiger partial charge in [0.05, 0.1) is 177 Å². The largest absolute Gasteiger partial charge is 0.481 e. The van der Waals surface area contributed by atoms with E-state index >= 15 is 0 Å². The topological polar surface area (TPSA) is 218 Å². The van der Waals surface area contributed by atoms with Gasteiger partial charge in [-0.25, -0.2) is 4.79 Å². The van der Waals surface area contributed by atoms with Gasteiger partial charge < -0.3 is 77.9 Å². The molecule has 0 aliphatic carbocycles. The van der Waals surface area contributed by atoms with Crippen LogP contribution in [0.3, 0.4) is 0 Å². The number of nitrogens with one attached hydrogen (secondary N) is 3. The van der Waals surface area contributed by atoms with Gasteiger partial charge in [0.25, 0.3) is 0 Å². The summed E-state index contributed by atoms with van der Waals surface area (Å²) in [6.07, 6.45) is 3.31. The van der Waals surface area contributed by atoms with Crippen molar-refractivity contribution in [3.05, 3.63) is 0 Å². The molecule has 0 aromatic rings. The Morgan fingerprint density at radius 2 is 0.895 bits per heavy atom. The molecule has 57 heavy (non-hydrogen) atoms. The molecule has 334 valence electrons. The molecule has 0 radical (unpaired) electrons. The molecule has 0 aromatic heterocycles. The molecule has 3 atom stereocenters. The van der Waals surface area contributed by atoms with Crippen molar-refractivity contribution in [3.63, 3.8) is 0 Å². The summed E-state index contributed by atoms with van der Waals surface area (Å²) in [5.41, 5.74) is 0. The summed E-state index contributed by atoms with van der Waals surface area (Å²) < 4.78 is 65.2. The number of ether oxygens (including phenoxy) is 12. The van der Waals surface area contributed by atoms with Gasteiger partial charge >= 0.3 is 12.0 Å². The summed E-state index contributed by atoms with van der Waals surface area (Å²) in [4.78, 5) is 33.9. The molecule has 2 saturated heterocycles. The van der Waals surface area contributed by atoms with E-state index in [0.717, 1.165) is 25.0 Å². The van der Waals surface area contributed by atoms with Crippen molar-refractivity contribution >= 4 is 29.7 Å². The van der Waals surface area contributed by atoms with Crippen LogP contribution in [0.25, 0.3) is 0 Å². The summed E-state index contributed by atoms with van der Waals surface area (Å²) in [5.74, 6) is 0.115. The van der Waals surface area contributed by atoms with Gasteiger partial charge in [-0.3, -0.25) is 9.59 Å². The molecule has 2 fully saturated rings. The summed E-state index contributed by atoms with van der Waals surface area (Å²) in [7, 11) is 0. The molecule has 2 aliphatic heterocycles. The van der Waals surface area contributed by atoms with Crippen LogP contribution < -0.4 is 16.0 Å². The molecule has 0 aromatic carbocycles.